The van der Waals surface area contributed by atoms with Crippen LogP contribution in [0.15, 0.2) is 11.6 Å². The number of epoxide rings is 1. The number of allylic oxidation sites excluding steroid dienone is 1. The molecule has 1 heterocycles. The minimum atomic E-state index is -0.341. The van der Waals surface area contributed by atoms with Crippen molar-refractivity contribution in [2.75, 3.05) is 6.61 Å². The maximum absolute atomic E-state index is 11.9. The van der Waals surface area contributed by atoms with Gasteiger partial charge in [-0.1, -0.05) is 19.4 Å². The number of ketones is 1. The summed E-state index contributed by atoms with van der Waals surface area (Å²) in [7, 11) is 0. The molecular formula is C21H30O4. The van der Waals surface area contributed by atoms with Crippen LogP contribution >= 0.6 is 0 Å². The van der Waals surface area contributed by atoms with E-state index in [9.17, 15) is 15.0 Å². The van der Waals surface area contributed by atoms with E-state index in [2.05, 4.69) is 13.8 Å². The summed E-state index contributed by atoms with van der Waals surface area (Å²) in [5.74, 6) is 1.60. The second-order valence-electron chi connectivity index (χ2n) is 9.79. The molecule has 2 N–H and O–H groups in total. The van der Waals surface area contributed by atoms with Gasteiger partial charge < -0.3 is 14.9 Å². The Bertz CT molecular complexity index is 656. The van der Waals surface area contributed by atoms with Gasteiger partial charge in [0.15, 0.2) is 5.78 Å². The Kier molecular flexibility index (Phi) is 3.27. The first-order valence-corrected chi connectivity index (χ1v) is 10.1. The van der Waals surface area contributed by atoms with Crippen LogP contribution in [0.1, 0.15) is 58.8 Å². The minimum absolute atomic E-state index is 0.0197. The van der Waals surface area contributed by atoms with Gasteiger partial charge in [-0.15, -0.1) is 0 Å². The van der Waals surface area contributed by atoms with Crippen molar-refractivity contribution in [1.82, 2.24) is 0 Å². The standard InChI is InChI=1S/C21H30O4/c1-19-7-5-13(23)9-12(19)3-4-14-15-6-8-21(17(11-22)25-21)20(15,2)10-16(24)18(14)19/h9,14-18,22,24H,3-8,10-11H2,1-2H3/t14-,15-,16?,17?,18+,19-,20-,21-/m0/s1. The van der Waals surface area contributed by atoms with Crippen LogP contribution < -0.4 is 0 Å². The third-order valence-corrected chi connectivity index (χ3v) is 9.06. The molecule has 4 nitrogen and oxygen atoms in total. The van der Waals surface area contributed by atoms with Crippen LogP contribution in [0.25, 0.3) is 0 Å². The average Bonchev–Trinajstić information content (AvgIpc) is 3.22. The van der Waals surface area contributed by atoms with Crippen LogP contribution in [0.2, 0.25) is 0 Å². The lowest BCUT2D eigenvalue weighted by Crippen LogP contribution is -2.58. The van der Waals surface area contributed by atoms with E-state index in [-0.39, 0.29) is 46.9 Å². The monoisotopic (exact) mass is 346 g/mol. The maximum atomic E-state index is 11.9. The number of carbonyl (C=O) groups is 1. The van der Waals surface area contributed by atoms with Gasteiger partial charge in [0.05, 0.1) is 12.7 Å². The van der Waals surface area contributed by atoms with Crippen molar-refractivity contribution in [3.8, 4) is 0 Å². The zero-order valence-electron chi connectivity index (χ0n) is 15.3. The first-order valence-electron chi connectivity index (χ1n) is 10.1. The summed E-state index contributed by atoms with van der Waals surface area (Å²) in [6.07, 6.45) is 8.05. The molecule has 0 aromatic heterocycles. The highest BCUT2D eigenvalue weighted by Crippen LogP contribution is 2.72. The molecule has 2 unspecified atom stereocenters. The first kappa shape index (κ1) is 16.5. The van der Waals surface area contributed by atoms with Crippen molar-refractivity contribution in [1.29, 1.82) is 0 Å². The Morgan fingerprint density at radius 2 is 2.04 bits per heavy atom. The molecule has 5 rings (SSSR count). The van der Waals surface area contributed by atoms with Crippen molar-refractivity contribution in [2.24, 2.45) is 28.6 Å². The molecule has 5 aliphatic rings. The number of fused-ring (bicyclic) bond motifs is 6. The van der Waals surface area contributed by atoms with Gasteiger partial charge in [0.25, 0.3) is 0 Å². The molecule has 0 amide bonds. The van der Waals surface area contributed by atoms with Gasteiger partial charge in [0, 0.05) is 11.8 Å². The molecule has 0 aromatic carbocycles. The Morgan fingerprint density at radius 3 is 2.76 bits per heavy atom. The average molecular weight is 346 g/mol. The number of aliphatic hydroxyl groups excluding tert-OH is 2. The predicted molar refractivity (Wildman–Crippen MR) is 92.8 cm³/mol. The third kappa shape index (κ3) is 1.86. The second-order valence-corrected chi connectivity index (χ2v) is 9.79. The van der Waals surface area contributed by atoms with Crippen molar-refractivity contribution < 1.29 is 19.7 Å². The fourth-order valence-electron chi connectivity index (χ4n) is 7.84. The minimum Gasteiger partial charge on any atom is -0.394 e. The van der Waals surface area contributed by atoms with Crippen molar-refractivity contribution in [2.45, 2.75) is 76.6 Å². The fraction of sp³-hybridized carbons (Fsp3) is 0.857. The van der Waals surface area contributed by atoms with Crippen LogP contribution in [0.4, 0.5) is 0 Å². The van der Waals surface area contributed by atoms with E-state index >= 15 is 0 Å². The summed E-state index contributed by atoms with van der Waals surface area (Å²) < 4.78 is 6.04. The molecule has 8 atom stereocenters. The van der Waals surface area contributed by atoms with Gasteiger partial charge in [0.1, 0.15) is 11.7 Å². The van der Waals surface area contributed by atoms with E-state index in [0.29, 0.717) is 18.3 Å². The van der Waals surface area contributed by atoms with Crippen LogP contribution in [-0.2, 0) is 9.53 Å². The van der Waals surface area contributed by atoms with Gasteiger partial charge in [-0.3, -0.25) is 4.79 Å². The molecular weight excluding hydrogens is 316 g/mol. The molecule has 25 heavy (non-hydrogen) atoms. The van der Waals surface area contributed by atoms with Crippen molar-refractivity contribution in [3.05, 3.63) is 11.6 Å². The summed E-state index contributed by atoms with van der Waals surface area (Å²) in [5, 5.41) is 20.9. The number of carbonyl (C=O) groups excluding carboxylic acids is 1. The summed E-state index contributed by atoms with van der Waals surface area (Å²) in [4.78, 5) is 11.9. The normalized spacial score (nSPS) is 56.9. The van der Waals surface area contributed by atoms with Gasteiger partial charge in [-0.25, -0.2) is 0 Å². The number of hydrogen-bond donors (Lipinski definition) is 2. The molecule has 3 saturated carbocycles. The largest absolute Gasteiger partial charge is 0.394 e. The summed E-state index contributed by atoms with van der Waals surface area (Å²) in [5.41, 5.74) is 1.05. The highest BCUT2D eigenvalue weighted by molar-refractivity contribution is 5.91. The zero-order valence-corrected chi connectivity index (χ0v) is 15.3. The lowest BCUT2D eigenvalue weighted by atomic mass is 9.46. The zero-order chi connectivity index (χ0) is 17.6. The number of aliphatic hydroxyl groups is 2. The second kappa shape index (κ2) is 4.96. The molecule has 4 fully saturated rings. The Labute approximate surface area is 149 Å². The molecule has 1 spiro atoms. The van der Waals surface area contributed by atoms with Crippen molar-refractivity contribution >= 4 is 5.78 Å². The molecule has 1 aliphatic heterocycles. The number of ether oxygens (including phenoxy) is 1. The summed E-state index contributed by atoms with van der Waals surface area (Å²) in [6.45, 7) is 4.69. The van der Waals surface area contributed by atoms with E-state index in [0.717, 1.165) is 38.5 Å². The summed E-state index contributed by atoms with van der Waals surface area (Å²) in [6, 6.07) is 0. The maximum Gasteiger partial charge on any atom is 0.155 e. The molecule has 0 aromatic rings. The molecule has 1 saturated heterocycles. The fourth-order valence-corrected chi connectivity index (χ4v) is 7.84. The van der Waals surface area contributed by atoms with E-state index < -0.39 is 0 Å². The predicted octanol–water partition coefficient (Wildman–Crippen LogP) is 2.62. The lowest BCUT2D eigenvalue weighted by molar-refractivity contribution is -0.135. The summed E-state index contributed by atoms with van der Waals surface area (Å²) >= 11 is 0. The van der Waals surface area contributed by atoms with Gasteiger partial charge in [-0.05, 0) is 67.8 Å². The topological polar surface area (TPSA) is 70.1 Å². The number of hydrogen-bond acceptors (Lipinski definition) is 4. The highest BCUT2D eigenvalue weighted by Gasteiger charge is 2.75. The quantitative estimate of drug-likeness (QED) is 0.716. The number of rotatable bonds is 1. The third-order valence-electron chi connectivity index (χ3n) is 9.06. The smallest absolute Gasteiger partial charge is 0.155 e. The molecule has 138 valence electrons. The Balaban J connectivity index is 1.52. The lowest BCUT2D eigenvalue weighted by Gasteiger charge is -2.59. The van der Waals surface area contributed by atoms with Gasteiger partial charge >= 0.3 is 0 Å². The van der Waals surface area contributed by atoms with Gasteiger partial charge in [-0.2, -0.15) is 0 Å². The highest BCUT2D eigenvalue weighted by atomic mass is 16.6. The molecule has 4 heteroatoms. The van der Waals surface area contributed by atoms with Gasteiger partial charge in [0.2, 0.25) is 0 Å². The molecule has 0 radical (unpaired) electrons. The Hall–Kier alpha value is -0.710. The molecule has 0 bridgehead atoms. The SMILES string of the molecule is C[C@]12CCC(=O)C=C1CC[C@@H]1[C@@H]2C(O)C[C@@]2(C)[C@H]1CC[C@@]21OC1CO. The van der Waals surface area contributed by atoms with Crippen molar-refractivity contribution in [3.63, 3.8) is 0 Å². The Morgan fingerprint density at radius 1 is 1.24 bits per heavy atom. The van der Waals surface area contributed by atoms with Crippen LogP contribution in [0.5, 0.6) is 0 Å². The molecule has 4 aliphatic carbocycles. The van der Waals surface area contributed by atoms with E-state index in [1.54, 1.807) is 0 Å². The van der Waals surface area contributed by atoms with E-state index in [1.807, 2.05) is 6.08 Å². The van der Waals surface area contributed by atoms with E-state index in [1.165, 1.54) is 5.57 Å². The van der Waals surface area contributed by atoms with Crippen LogP contribution in [0.3, 0.4) is 0 Å². The first-order chi connectivity index (χ1) is 11.9. The van der Waals surface area contributed by atoms with Crippen LogP contribution in [-0.4, -0.2) is 40.4 Å². The van der Waals surface area contributed by atoms with E-state index in [4.69, 9.17) is 4.74 Å². The van der Waals surface area contributed by atoms with Crippen LogP contribution in [0, 0.1) is 28.6 Å².